The summed E-state index contributed by atoms with van der Waals surface area (Å²) in [6.45, 7) is 1.02. The van der Waals surface area contributed by atoms with Gasteiger partial charge in [0, 0.05) is 11.9 Å². The van der Waals surface area contributed by atoms with Gasteiger partial charge in [-0.15, -0.1) is 0 Å². The number of ether oxygens (including phenoxy) is 1. The van der Waals surface area contributed by atoms with E-state index in [0.717, 1.165) is 12.0 Å². The number of rotatable bonds is 2. The molecule has 0 aromatic carbocycles. The first-order chi connectivity index (χ1) is 5.37. The van der Waals surface area contributed by atoms with Crippen LogP contribution in [0.3, 0.4) is 0 Å². The van der Waals surface area contributed by atoms with Crippen molar-refractivity contribution < 1.29 is 9.53 Å². The van der Waals surface area contributed by atoms with Crippen LogP contribution in [0.4, 0.5) is 0 Å². The van der Waals surface area contributed by atoms with Gasteiger partial charge < -0.3 is 14.5 Å². The summed E-state index contributed by atoms with van der Waals surface area (Å²) in [6.07, 6.45) is 2.78. The largest absolute Gasteiger partial charge is 0.378 e. The molecule has 0 radical (unpaired) electrons. The van der Waals surface area contributed by atoms with Gasteiger partial charge in [0.2, 0.25) is 0 Å². The van der Waals surface area contributed by atoms with Crippen molar-refractivity contribution in [3.8, 4) is 0 Å². The molecular formula is C8H9NO2. The van der Waals surface area contributed by atoms with Crippen LogP contribution >= 0.6 is 0 Å². The van der Waals surface area contributed by atoms with E-state index in [1.54, 1.807) is 0 Å². The van der Waals surface area contributed by atoms with Crippen LogP contribution in [0.25, 0.3) is 0 Å². The normalized spacial score (nSPS) is 20.7. The summed E-state index contributed by atoms with van der Waals surface area (Å²) >= 11 is 0. The van der Waals surface area contributed by atoms with Gasteiger partial charge in [0.15, 0.2) is 0 Å². The number of aldehydes is 1. The topological polar surface area (TPSA) is 42.1 Å². The van der Waals surface area contributed by atoms with E-state index in [1.807, 2.05) is 18.3 Å². The second-order valence-electron chi connectivity index (χ2n) is 2.85. The zero-order chi connectivity index (χ0) is 7.73. The smallest absolute Gasteiger partial charge is 0.136 e. The highest BCUT2D eigenvalue weighted by Gasteiger charge is 2.41. The minimum absolute atomic E-state index is 0.372. The SMILES string of the molecule is O=CC1(c2ccc[nH]2)COC1. The van der Waals surface area contributed by atoms with Gasteiger partial charge >= 0.3 is 0 Å². The summed E-state index contributed by atoms with van der Waals surface area (Å²) in [5.41, 5.74) is 0.586. The Morgan fingerprint density at radius 3 is 2.82 bits per heavy atom. The Morgan fingerprint density at radius 2 is 2.45 bits per heavy atom. The number of carbonyl (C=O) groups excluding carboxylic acids is 1. The van der Waals surface area contributed by atoms with Gasteiger partial charge in [-0.1, -0.05) is 0 Å². The first kappa shape index (κ1) is 6.61. The number of nitrogens with one attached hydrogen (secondary N) is 1. The van der Waals surface area contributed by atoms with Crippen LogP contribution < -0.4 is 0 Å². The molecule has 0 unspecified atom stereocenters. The zero-order valence-electron chi connectivity index (χ0n) is 6.04. The average Bonchev–Trinajstić information content (AvgIpc) is 2.39. The van der Waals surface area contributed by atoms with Crippen LogP contribution in [-0.2, 0) is 14.9 Å². The van der Waals surface area contributed by atoms with E-state index >= 15 is 0 Å². The lowest BCUT2D eigenvalue weighted by atomic mass is 9.84. The maximum Gasteiger partial charge on any atom is 0.136 e. The fraction of sp³-hybridized carbons (Fsp3) is 0.375. The van der Waals surface area contributed by atoms with Gasteiger partial charge in [0.1, 0.15) is 11.7 Å². The Bertz CT molecular complexity index is 249. The molecule has 0 spiro atoms. The first-order valence-electron chi connectivity index (χ1n) is 3.55. The Hall–Kier alpha value is -1.09. The molecule has 0 atom stereocenters. The van der Waals surface area contributed by atoms with Crippen LogP contribution in [0.1, 0.15) is 5.69 Å². The molecule has 1 aromatic rings. The van der Waals surface area contributed by atoms with Crippen LogP contribution in [0.2, 0.25) is 0 Å². The van der Waals surface area contributed by atoms with E-state index in [4.69, 9.17) is 4.74 Å². The molecule has 0 saturated carbocycles. The maximum absolute atomic E-state index is 10.7. The van der Waals surface area contributed by atoms with Crippen molar-refractivity contribution >= 4 is 6.29 Å². The van der Waals surface area contributed by atoms with Crippen molar-refractivity contribution in [3.63, 3.8) is 0 Å². The summed E-state index contributed by atoms with van der Waals surface area (Å²) in [5.74, 6) is 0. The van der Waals surface area contributed by atoms with Crippen molar-refractivity contribution in [2.24, 2.45) is 0 Å². The second-order valence-corrected chi connectivity index (χ2v) is 2.85. The number of carbonyl (C=O) groups is 1. The maximum atomic E-state index is 10.7. The molecule has 3 nitrogen and oxygen atoms in total. The highest BCUT2D eigenvalue weighted by Crippen LogP contribution is 2.28. The Morgan fingerprint density at radius 1 is 1.64 bits per heavy atom. The van der Waals surface area contributed by atoms with E-state index in [0.29, 0.717) is 13.2 Å². The molecule has 58 valence electrons. The molecule has 1 aliphatic rings. The predicted molar refractivity (Wildman–Crippen MR) is 39.4 cm³/mol. The lowest BCUT2D eigenvalue weighted by Crippen LogP contribution is -2.48. The lowest BCUT2D eigenvalue weighted by molar-refractivity contribution is -0.130. The van der Waals surface area contributed by atoms with Crippen molar-refractivity contribution in [3.05, 3.63) is 24.0 Å². The molecule has 1 fully saturated rings. The molecule has 2 rings (SSSR count). The summed E-state index contributed by atoms with van der Waals surface area (Å²) < 4.78 is 5.00. The number of hydrogen-bond acceptors (Lipinski definition) is 2. The molecule has 11 heavy (non-hydrogen) atoms. The fourth-order valence-corrected chi connectivity index (χ4v) is 1.25. The zero-order valence-corrected chi connectivity index (χ0v) is 6.04. The molecule has 1 N–H and O–H groups in total. The molecule has 2 heterocycles. The van der Waals surface area contributed by atoms with Crippen molar-refractivity contribution in [2.75, 3.05) is 13.2 Å². The Balaban J connectivity index is 2.32. The van der Waals surface area contributed by atoms with Gasteiger partial charge in [-0.2, -0.15) is 0 Å². The minimum Gasteiger partial charge on any atom is -0.378 e. The Kier molecular flexibility index (Phi) is 1.32. The van der Waals surface area contributed by atoms with Gasteiger partial charge in [0.25, 0.3) is 0 Å². The quantitative estimate of drug-likeness (QED) is 0.625. The third kappa shape index (κ3) is 0.811. The molecule has 1 aliphatic heterocycles. The number of aromatic nitrogens is 1. The van der Waals surface area contributed by atoms with E-state index in [9.17, 15) is 4.79 Å². The van der Waals surface area contributed by atoms with Crippen LogP contribution in [0.15, 0.2) is 18.3 Å². The lowest BCUT2D eigenvalue weighted by Gasteiger charge is -2.35. The van der Waals surface area contributed by atoms with Crippen molar-refractivity contribution in [1.29, 1.82) is 0 Å². The monoisotopic (exact) mass is 151 g/mol. The van der Waals surface area contributed by atoms with Crippen LogP contribution in [-0.4, -0.2) is 24.5 Å². The molecule has 0 bridgehead atoms. The third-order valence-corrected chi connectivity index (χ3v) is 2.08. The Labute approximate surface area is 64.4 Å². The first-order valence-corrected chi connectivity index (χ1v) is 3.55. The number of aromatic amines is 1. The highest BCUT2D eigenvalue weighted by atomic mass is 16.5. The van der Waals surface area contributed by atoms with E-state index in [-0.39, 0.29) is 5.41 Å². The molecule has 1 aromatic heterocycles. The second kappa shape index (κ2) is 2.20. The summed E-state index contributed by atoms with van der Waals surface area (Å²) in [5, 5.41) is 0. The molecule has 3 heteroatoms. The summed E-state index contributed by atoms with van der Waals surface area (Å²) in [7, 11) is 0. The molecule has 0 amide bonds. The number of H-pyrrole nitrogens is 1. The molecule has 1 saturated heterocycles. The molecular weight excluding hydrogens is 142 g/mol. The van der Waals surface area contributed by atoms with Gasteiger partial charge in [-0.3, -0.25) is 0 Å². The summed E-state index contributed by atoms with van der Waals surface area (Å²) in [4.78, 5) is 13.7. The van der Waals surface area contributed by atoms with Gasteiger partial charge in [-0.25, -0.2) is 0 Å². The third-order valence-electron chi connectivity index (χ3n) is 2.08. The van der Waals surface area contributed by atoms with Crippen molar-refractivity contribution in [1.82, 2.24) is 4.98 Å². The van der Waals surface area contributed by atoms with Gasteiger partial charge in [0.05, 0.1) is 13.2 Å². The number of hydrogen-bond donors (Lipinski definition) is 1. The van der Waals surface area contributed by atoms with Crippen molar-refractivity contribution in [2.45, 2.75) is 5.41 Å². The van der Waals surface area contributed by atoms with Gasteiger partial charge in [-0.05, 0) is 12.1 Å². The van der Waals surface area contributed by atoms with E-state index in [2.05, 4.69) is 4.98 Å². The van der Waals surface area contributed by atoms with Crippen LogP contribution in [0, 0.1) is 0 Å². The highest BCUT2D eigenvalue weighted by molar-refractivity contribution is 5.69. The average molecular weight is 151 g/mol. The predicted octanol–water partition coefficient (Wildman–Crippen LogP) is 0.482. The fourth-order valence-electron chi connectivity index (χ4n) is 1.25. The molecule has 0 aliphatic carbocycles. The summed E-state index contributed by atoms with van der Waals surface area (Å²) in [6, 6.07) is 3.80. The standard InChI is InChI=1S/C8H9NO2/c10-4-8(5-11-6-8)7-2-1-3-9-7/h1-4,9H,5-6H2. The van der Waals surface area contributed by atoms with Crippen LogP contribution in [0.5, 0.6) is 0 Å². The van der Waals surface area contributed by atoms with E-state index < -0.39 is 0 Å². The van der Waals surface area contributed by atoms with E-state index in [1.165, 1.54) is 0 Å². The minimum atomic E-state index is -0.372.